The third-order valence-corrected chi connectivity index (χ3v) is 8.21. The predicted molar refractivity (Wildman–Crippen MR) is 144 cm³/mol. The van der Waals surface area contributed by atoms with Gasteiger partial charge in [0.25, 0.3) is 5.91 Å². The summed E-state index contributed by atoms with van der Waals surface area (Å²) in [6, 6.07) is 0.619. The molecule has 1 fully saturated rings. The van der Waals surface area contributed by atoms with Crippen molar-refractivity contribution in [2.75, 3.05) is 34.7 Å². The quantitative estimate of drug-likeness (QED) is 0.243. The number of aliphatic hydroxyl groups excluding tert-OH is 2. The molecule has 4 rings (SSSR count). The molecule has 0 bridgehead atoms. The number of phenols is 1. The Balaban J connectivity index is 1.87. The number of amides is 2. The van der Waals surface area contributed by atoms with E-state index in [9.17, 15) is 39.6 Å². The standard InChI is InChI=1S/C28H36N4O8/c1-6-12-7-14(10-30-17(33)11-31(2)3)22(34)19-15(12)8-13-9-16-21(32(4)5)24(36)20(27(29)39)26(38)28(16,40)25(37)18(13)23(19)35/h7,13,16,21,34-35,38,40H,6,8-11H2,1-5H3,(H2,29,39)(H,30,33)/t13-,16-,21?,28-/m0/s1. The van der Waals surface area contributed by atoms with Gasteiger partial charge in [0.05, 0.1) is 18.2 Å². The Kier molecular flexibility index (Phi) is 7.56. The van der Waals surface area contributed by atoms with Crippen molar-refractivity contribution in [3.8, 4) is 5.75 Å². The molecule has 4 atom stereocenters. The van der Waals surface area contributed by atoms with Crippen molar-refractivity contribution in [1.82, 2.24) is 15.1 Å². The zero-order valence-corrected chi connectivity index (χ0v) is 23.2. The molecule has 12 heteroatoms. The van der Waals surface area contributed by atoms with Gasteiger partial charge in [0.1, 0.15) is 22.8 Å². The van der Waals surface area contributed by atoms with Crippen LogP contribution >= 0.6 is 0 Å². The number of aryl methyl sites for hydroxylation is 1. The minimum Gasteiger partial charge on any atom is -0.508 e. The number of ketones is 2. The number of aliphatic hydroxyl groups is 3. The Morgan fingerprint density at radius 1 is 1.12 bits per heavy atom. The van der Waals surface area contributed by atoms with Crippen molar-refractivity contribution in [3.63, 3.8) is 0 Å². The fourth-order valence-corrected chi connectivity index (χ4v) is 6.44. The lowest BCUT2D eigenvalue weighted by atomic mass is 9.57. The topological polar surface area (TPSA) is 194 Å². The second-order valence-corrected chi connectivity index (χ2v) is 11.2. The van der Waals surface area contributed by atoms with Gasteiger partial charge in [-0.05, 0) is 64.5 Å². The van der Waals surface area contributed by atoms with Gasteiger partial charge in [-0.2, -0.15) is 0 Å². The first-order valence-electron chi connectivity index (χ1n) is 13.1. The molecule has 3 aliphatic carbocycles. The highest BCUT2D eigenvalue weighted by atomic mass is 16.3. The highest BCUT2D eigenvalue weighted by Crippen LogP contribution is 2.53. The van der Waals surface area contributed by atoms with Gasteiger partial charge in [0.15, 0.2) is 11.4 Å². The molecule has 0 heterocycles. The van der Waals surface area contributed by atoms with Crippen LogP contribution in [0.15, 0.2) is 23.0 Å². The maximum absolute atomic E-state index is 14.0. The maximum atomic E-state index is 14.0. The van der Waals surface area contributed by atoms with Gasteiger partial charge in [-0.25, -0.2) is 0 Å². The number of rotatable bonds is 7. The number of carbonyl (C=O) groups excluding carboxylic acids is 4. The molecule has 0 radical (unpaired) electrons. The van der Waals surface area contributed by atoms with Crippen LogP contribution in [0.25, 0.3) is 5.76 Å². The second-order valence-electron chi connectivity index (χ2n) is 11.2. The molecule has 1 aromatic carbocycles. The normalized spacial score (nSPS) is 26.1. The van der Waals surface area contributed by atoms with Crippen LogP contribution in [0.5, 0.6) is 5.75 Å². The summed E-state index contributed by atoms with van der Waals surface area (Å²) >= 11 is 0. The van der Waals surface area contributed by atoms with E-state index in [0.717, 1.165) is 5.56 Å². The summed E-state index contributed by atoms with van der Waals surface area (Å²) in [5.74, 6) is -7.17. The second kappa shape index (κ2) is 10.3. The predicted octanol–water partition coefficient (Wildman–Crippen LogP) is -0.296. The van der Waals surface area contributed by atoms with Crippen LogP contribution in [0, 0.1) is 11.8 Å². The highest BCUT2D eigenvalue weighted by Gasteiger charge is 2.64. The molecule has 0 spiro atoms. The number of aromatic hydroxyl groups is 1. The average Bonchev–Trinajstić information content (AvgIpc) is 2.85. The number of nitrogens with one attached hydrogen (secondary N) is 1. The minimum atomic E-state index is -2.69. The van der Waals surface area contributed by atoms with Crippen LogP contribution in [-0.4, -0.2) is 100.0 Å². The molecule has 0 saturated heterocycles. The molecular formula is C28H36N4O8. The number of Topliss-reactive ketones (excluding diaryl/α,β-unsaturated/α-hetero) is 2. The van der Waals surface area contributed by atoms with E-state index >= 15 is 0 Å². The molecule has 216 valence electrons. The number of likely N-dealkylation sites (N-methyl/N-ethyl adjacent to an activating group) is 2. The van der Waals surface area contributed by atoms with Crippen molar-refractivity contribution in [3.05, 3.63) is 45.2 Å². The monoisotopic (exact) mass is 556 g/mol. The fourth-order valence-electron chi connectivity index (χ4n) is 6.44. The Labute approximate surface area is 231 Å². The molecule has 0 aromatic heterocycles. The third kappa shape index (κ3) is 4.36. The summed E-state index contributed by atoms with van der Waals surface area (Å²) in [6.07, 6.45) is 0.777. The summed E-state index contributed by atoms with van der Waals surface area (Å²) < 4.78 is 0. The van der Waals surface area contributed by atoms with Crippen LogP contribution in [0.1, 0.15) is 35.6 Å². The van der Waals surface area contributed by atoms with Crippen molar-refractivity contribution in [1.29, 1.82) is 0 Å². The lowest BCUT2D eigenvalue weighted by Gasteiger charge is -2.50. The Morgan fingerprint density at radius 3 is 2.33 bits per heavy atom. The van der Waals surface area contributed by atoms with Gasteiger partial charge < -0.3 is 36.4 Å². The van der Waals surface area contributed by atoms with E-state index in [4.69, 9.17) is 5.73 Å². The van der Waals surface area contributed by atoms with E-state index in [1.54, 1.807) is 39.2 Å². The molecule has 7 N–H and O–H groups in total. The Morgan fingerprint density at radius 2 is 1.77 bits per heavy atom. The van der Waals surface area contributed by atoms with Gasteiger partial charge >= 0.3 is 0 Å². The number of hydrogen-bond donors (Lipinski definition) is 6. The molecule has 12 nitrogen and oxygen atoms in total. The van der Waals surface area contributed by atoms with Crippen molar-refractivity contribution in [2.45, 2.75) is 44.4 Å². The number of benzene rings is 1. The molecular weight excluding hydrogens is 520 g/mol. The SMILES string of the molecule is CCc1cc(CNC(=O)CN(C)C)c(O)c2c1C[C@H]1C[C@H]3C(N(C)C)C(=O)C(C(N)=O)=C(O)[C@@]3(O)C(=O)C1=C2O. The molecule has 1 saturated carbocycles. The number of primary amides is 1. The van der Waals surface area contributed by atoms with Crippen molar-refractivity contribution in [2.24, 2.45) is 17.6 Å². The zero-order valence-electron chi connectivity index (χ0n) is 23.2. The number of nitrogens with two attached hydrogens (primary N) is 1. The van der Waals surface area contributed by atoms with E-state index in [1.165, 1.54) is 4.90 Å². The van der Waals surface area contributed by atoms with Crippen LogP contribution in [0.4, 0.5) is 0 Å². The number of carbonyl (C=O) groups is 4. The van der Waals surface area contributed by atoms with E-state index in [-0.39, 0.29) is 48.7 Å². The highest BCUT2D eigenvalue weighted by molar-refractivity contribution is 6.24. The van der Waals surface area contributed by atoms with E-state index in [2.05, 4.69) is 5.32 Å². The van der Waals surface area contributed by atoms with Gasteiger partial charge in [0.2, 0.25) is 11.7 Å². The number of nitrogens with zero attached hydrogens (tertiary/aromatic N) is 2. The first kappa shape index (κ1) is 29.2. The molecule has 40 heavy (non-hydrogen) atoms. The summed E-state index contributed by atoms with van der Waals surface area (Å²) in [5, 5.41) is 48.1. The summed E-state index contributed by atoms with van der Waals surface area (Å²) in [4.78, 5) is 54.6. The van der Waals surface area contributed by atoms with Crippen molar-refractivity contribution < 1.29 is 39.6 Å². The molecule has 0 aliphatic heterocycles. The summed E-state index contributed by atoms with van der Waals surface area (Å²) in [6.45, 7) is 2.01. The summed E-state index contributed by atoms with van der Waals surface area (Å²) in [5.41, 5.74) is 3.38. The number of hydrogen-bond acceptors (Lipinski definition) is 10. The Hall–Kier alpha value is -3.74. The van der Waals surface area contributed by atoms with Gasteiger partial charge in [-0.3, -0.25) is 24.1 Å². The fraction of sp³-hybridized carbons (Fsp3) is 0.500. The average molecular weight is 557 g/mol. The number of phenolic OH excluding ortho intramolecular Hbond substituents is 1. The minimum absolute atomic E-state index is 0.0208. The molecule has 1 unspecified atom stereocenters. The first-order chi connectivity index (χ1) is 18.7. The van der Waals surface area contributed by atoms with E-state index in [0.29, 0.717) is 17.5 Å². The lowest BCUT2D eigenvalue weighted by Crippen LogP contribution is -2.65. The third-order valence-electron chi connectivity index (χ3n) is 8.21. The van der Waals surface area contributed by atoms with Crippen LogP contribution < -0.4 is 11.1 Å². The Bertz CT molecular complexity index is 1380. The lowest BCUT2D eigenvalue weighted by molar-refractivity contribution is -0.153. The summed E-state index contributed by atoms with van der Waals surface area (Å²) in [7, 11) is 6.60. The first-order valence-corrected chi connectivity index (χ1v) is 13.1. The number of fused-ring (bicyclic) bond motifs is 3. The van der Waals surface area contributed by atoms with Crippen molar-refractivity contribution >= 4 is 29.1 Å². The van der Waals surface area contributed by atoms with E-state index < -0.39 is 58.0 Å². The van der Waals surface area contributed by atoms with Gasteiger partial charge in [-0.15, -0.1) is 0 Å². The van der Waals surface area contributed by atoms with E-state index in [1.807, 2.05) is 6.92 Å². The molecule has 1 aromatic rings. The largest absolute Gasteiger partial charge is 0.508 e. The smallest absolute Gasteiger partial charge is 0.255 e. The van der Waals surface area contributed by atoms with Crippen LogP contribution in [-0.2, 0) is 38.6 Å². The van der Waals surface area contributed by atoms with Gasteiger partial charge in [-0.1, -0.05) is 13.0 Å². The maximum Gasteiger partial charge on any atom is 0.255 e. The molecule has 3 aliphatic rings. The van der Waals surface area contributed by atoms with Gasteiger partial charge in [0, 0.05) is 23.6 Å². The van der Waals surface area contributed by atoms with Crippen LogP contribution in [0.2, 0.25) is 0 Å². The zero-order chi connectivity index (χ0) is 29.8. The molecule has 2 amide bonds. The van der Waals surface area contributed by atoms with Crippen LogP contribution in [0.3, 0.4) is 0 Å².